The Labute approximate surface area is 161 Å². The Morgan fingerprint density at radius 2 is 1.54 bits per heavy atom. The number of benzene rings is 1. The molecule has 0 radical (unpaired) electrons. The standard InChI is InChI=1S/C16H24N3O8P/c1-2-3-4-5-6-7-8-15(28(25,26)27)17-16(20)12-9-13(18(21)22)11-14(10-12)19(23)24/h9-11,15H,2-8H2,1H3,(H,17,20)(H2,25,26,27)/t15-/m1/s1. The molecule has 0 aliphatic carbocycles. The van der Waals surface area contributed by atoms with Gasteiger partial charge in [-0.25, -0.2) is 0 Å². The maximum atomic E-state index is 12.3. The average molecular weight is 417 g/mol. The van der Waals surface area contributed by atoms with Crippen molar-refractivity contribution in [1.82, 2.24) is 5.32 Å². The van der Waals surface area contributed by atoms with Crippen LogP contribution in [0.1, 0.15) is 62.2 Å². The van der Waals surface area contributed by atoms with Crippen molar-refractivity contribution < 1.29 is 29.0 Å². The number of nitrogens with zero attached hydrogens (tertiary/aromatic N) is 2. The highest BCUT2D eigenvalue weighted by Crippen LogP contribution is 2.42. The zero-order chi connectivity index (χ0) is 21.3. The molecular formula is C16H24N3O8P. The molecule has 0 bridgehead atoms. The second-order valence-corrected chi connectivity index (χ2v) is 8.19. The predicted molar refractivity (Wildman–Crippen MR) is 101 cm³/mol. The van der Waals surface area contributed by atoms with Crippen molar-refractivity contribution in [3.63, 3.8) is 0 Å². The lowest BCUT2D eigenvalue weighted by molar-refractivity contribution is -0.394. The van der Waals surface area contributed by atoms with Crippen LogP contribution in [-0.4, -0.2) is 31.3 Å². The number of nitrogens with one attached hydrogen (secondary N) is 1. The van der Waals surface area contributed by atoms with Crippen LogP contribution in [0.25, 0.3) is 0 Å². The second kappa shape index (κ2) is 10.8. The van der Waals surface area contributed by atoms with E-state index in [9.17, 15) is 39.4 Å². The number of non-ortho nitro benzene ring substituents is 2. The highest BCUT2D eigenvalue weighted by Gasteiger charge is 2.31. The van der Waals surface area contributed by atoms with Gasteiger partial charge in [0.1, 0.15) is 5.78 Å². The van der Waals surface area contributed by atoms with Crippen molar-refractivity contribution in [2.45, 2.75) is 57.7 Å². The third-order valence-corrected chi connectivity index (χ3v) is 5.32. The fourth-order valence-electron chi connectivity index (χ4n) is 2.61. The Hall–Kier alpha value is -2.36. The molecule has 11 nitrogen and oxygen atoms in total. The highest BCUT2D eigenvalue weighted by atomic mass is 31.2. The molecule has 1 rings (SSSR count). The van der Waals surface area contributed by atoms with Gasteiger partial charge in [0.25, 0.3) is 17.3 Å². The third kappa shape index (κ3) is 7.71. The van der Waals surface area contributed by atoms with E-state index in [1.807, 2.05) is 0 Å². The molecule has 28 heavy (non-hydrogen) atoms. The molecule has 0 saturated heterocycles. The highest BCUT2D eigenvalue weighted by molar-refractivity contribution is 7.52. The molecule has 0 spiro atoms. The summed E-state index contributed by atoms with van der Waals surface area (Å²) >= 11 is 0. The fourth-order valence-corrected chi connectivity index (χ4v) is 3.42. The van der Waals surface area contributed by atoms with E-state index >= 15 is 0 Å². The van der Waals surface area contributed by atoms with Gasteiger partial charge in [0, 0.05) is 12.1 Å². The Bertz CT molecular complexity index is 732. The van der Waals surface area contributed by atoms with Crippen molar-refractivity contribution in [3.05, 3.63) is 44.0 Å². The van der Waals surface area contributed by atoms with Crippen molar-refractivity contribution in [1.29, 1.82) is 0 Å². The Morgan fingerprint density at radius 3 is 2.00 bits per heavy atom. The number of nitro benzene ring substituents is 2. The second-order valence-electron chi connectivity index (χ2n) is 6.39. The van der Waals surface area contributed by atoms with E-state index in [0.29, 0.717) is 12.5 Å². The summed E-state index contributed by atoms with van der Waals surface area (Å²) in [5.74, 6) is -2.49. The first-order valence-electron chi connectivity index (χ1n) is 8.86. The summed E-state index contributed by atoms with van der Waals surface area (Å²) < 4.78 is 11.7. The minimum atomic E-state index is -4.67. The molecule has 0 saturated carbocycles. The molecule has 0 unspecified atom stereocenters. The Morgan fingerprint density at radius 1 is 1.04 bits per heavy atom. The van der Waals surface area contributed by atoms with E-state index in [0.717, 1.165) is 44.2 Å². The van der Waals surface area contributed by atoms with E-state index in [1.54, 1.807) is 0 Å². The molecule has 1 atom stereocenters. The SMILES string of the molecule is CCCCCCCC[C@H](NC(=O)c1cc([N+](=O)[O-])cc([N+](=O)[O-])c1)P(=O)(O)O. The monoisotopic (exact) mass is 417 g/mol. The molecular weight excluding hydrogens is 393 g/mol. The number of carbonyl (C=O) groups excluding carboxylic acids is 1. The quantitative estimate of drug-likeness (QED) is 0.200. The molecule has 0 aliphatic heterocycles. The van der Waals surface area contributed by atoms with Crippen LogP contribution in [0.4, 0.5) is 11.4 Å². The van der Waals surface area contributed by atoms with Crippen LogP contribution in [0.15, 0.2) is 18.2 Å². The zero-order valence-corrected chi connectivity index (χ0v) is 16.3. The van der Waals surface area contributed by atoms with E-state index in [-0.39, 0.29) is 6.42 Å². The van der Waals surface area contributed by atoms with Crippen LogP contribution in [0.5, 0.6) is 0 Å². The molecule has 3 N–H and O–H groups in total. The Kier molecular flexibility index (Phi) is 9.17. The molecule has 12 heteroatoms. The summed E-state index contributed by atoms with van der Waals surface area (Å²) in [6.45, 7) is 2.07. The first-order chi connectivity index (χ1) is 13.1. The van der Waals surface area contributed by atoms with Crippen LogP contribution < -0.4 is 5.32 Å². The predicted octanol–water partition coefficient (Wildman–Crippen LogP) is 3.49. The van der Waals surface area contributed by atoms with E-state index in [1.165, 1.54) is 0 Å². The van der Waals surface area contributed by atoms with E-state index in [2.05, 4.69) is 12.2 Å². The minimum Gasteiger partial charge on any atom is -0.338 e. The first kappa shape index (κ1) is 23.7. The van der Waals surface area contributed by atoms with Crippen molar-refractivity contribution in [2.24, 2.45) is 0 Å². The van der Waals surface area contributed by atoms with Gasteiger partial charge in [-0.15, -0.1) is 0 Å². The number of amides is 1. The van der Waals surface area contributed by atoms with Gasteiger partial charge >= 0.3 is 7.60 Å². The van der Waals surface area contributed by atoms with Crippen molar-refractivity contribution >= 4 is 24.9 Å². The van der Waals surface area contributed by atoms with Gasteiger partial charge < -0.3 is 15.1 Å². The average Bonchev–Trinajstić information content (AvgIpc) is 2.61. The van der Waals surface area contributed by atoms with Gasteiger partial charge in [0.15, 0.2) is 0 Å². The Balaban J connectivity index is 2.89. The molecule has 1 amide bonds. The van der Waals surface area contributed by atoms with Crippen LogP contribution in [0, 0.1) is 20.2 Å². The number of carbonyl (C=O) groups is 1. The molecule has 0 aliphatic rings. The van der Waals surface area contributed by atoms with Crippen LogP contribution in [0.3, 0.4) is 0 Å². The summed E-state index contributed by atoms with van der Waals surface area (Å²) in [7, 11) is -4.67. The van der Waals surface area contributed by atoms with Gasteiger partial charge in [-0.1, -0.05) is 45.4 Å². The minimum absolute atomic E-state index is 0.0269. The van der Waals surface area contributed by atoms with Gasteiger partial charge in [-0.2, -0.15) is 0 Å². The van der Waals surface area contributed by atoms with Crippen molar-refractivity contribution in [2.75, 3.05) is 0 Å². The maximum Gasteiger partial charge on any atom is 0.347 e. The number of unbranched alkanes of at least 4 members (excludes halogenated alkanes) is 5. The smallest absolute Gasteiger partial charge is 0.338 e. The lowest BCUT2D eigenvalue weighted by atomic mass is 10.1. The summed E-state index contributed by atoms with van der Waals surface area (Å²) in [4.78, 5) is 51.3. The number of nitro groups is 2. The summed E-state index contributed by atoms with van der Waals surface area (Å²) in [5, 5.41) is 24.0. The van der Waals surface area contributed by atoms with Gasteiger partial charge in [-0.3, -0.25) is 29.6 Å². The topological polar surface area (TPSA) is 173 Å². The number of hydrogen-bond acceptors (Lipinski definition) is 6. The largest absolute Gasteiger partial charge is 0.347 e. The molecule has 156 valence electrons. The van der Waals surface area contributed by atoms with E-state index < -0.39 is 46.1 Å². The summed E-state index contributed by atoms with van der Waals surface area (Å²) in [6, 6.07) is 2.35. The van der Waals surface area contributed by atoms with Crippen LogP contribution in [-0.2, 0) is 4.57 Å². The summed E-state index contributed by atoms with van der Waals surface area (Å²) in [6.07, 6.45) is 5.32. The number of rotatable bonds is 12. The van der Waals surface area contributed by atoms with Crippen molar-refractivity contribution in [3.8, 4) is 0 Å². The van der Waals surface area contributed by atoms with Gasteiger partial charge in [0.05, 0.1) is 21.5 Å². The first-order valence-corrected chi connectivity index (χ1v) is 10.5. The molecule has 0 heterocycles. The lowest BCUT2D eigenvalue weighted by Gasteiger charge is -2.20. The fraction of sp³-hybridized carbons (Fsp3) is 0.562. The van der Waals surface area contributed by atoms with Gasteiger partial charge in [0.2, 0.25) is 0 Å². The molecule has 0 aromatic heterocycles. The molecule has 1 aromatic carbocycles. The normalized spacial score (nSPS) is 12.4. The zero-order valence-electron chi connectivity index (χ0n) is 15.4. The summed E-state index contributed by atoms with van der Waals surface area (Å²) in [5.41, 5.74) is -1.74. The molecule has 1 aromatic rings. The van der Waals surface area contributed by atoms with Gasteiger partial charge in [-0.05, 0) is 6.42 Å². The van der Waals surface area contributed by atoms with E-state index in [4.69, 9.17) is 0 Å². The molecule has 0 fully saturated rings. The van der Waals surface area contributed by atoms with Crippen LogP contribution >= 0.6 is 7.60 Å². The van der Waals surface area contributed by atoms with Crippen LogP contribution in [0.2, 0.25) is 0 Å². The lowest BCUT2D eigenvalue weighted by Crippen LogP contribution is -2.34. The number of hydrogen-bond donors (Lipinski definition) is 3. The third-order valence-electron chi connectivity index (χ3n) is 4.12. The maximum absolute atomic E-state index is 12.3.